The summed E-state index contributed by atoms with van der Waals surface area (Å²) in [6.07, 6.45) is 6.31. The zero-order valence-electron chi connectivity index (χ0n) is 22.4. The van der Waals surface area contributed by atoms with Gasteiger partial charge in [-0.15, -0.1) is 5.10 Å². The lowest BCUT2D eigenvalue weighted by molar-refractivity contribution is 0.112. The van der Waals surface area contributed by atoms with Crippen molar-refractivity contribution >= 4 is 10.9 Å². The number of fused-ring (bicyclic) bond motifs is 1. The first-order valence-electron chi connectivity index (χ1n) is 13.4. The van der Waals surface area contributed by atoms with Crippen molar-refractivity contribution in [1.82, 2.24) is 30.1 Å². The lowest BCUT2D eigenvalue weighted by atomic mass is 10.0. The molecule has 1 N–H and O–H groups in total. The average Bonchev–Trinajstić information content (AvgIpc) is 3.65. The van der Waals surface area contributed by atoms with E-state index >= 15 is 0 Å². The molecule has 1 saturated carbocycles. The average molecular weight is 517 g/mol. The summed E-state index contributed by atoms with van der Waals surface area (Å²) in [5, 5.41) is 13.8. The molecule has 5 rings (SSSR count). The molecule has 0 bridgehead atoms. The van der Waals surface area contributed by atoms with E-state index < -0.39 is 0 Å². The highest BCUT2D eigenvalue weighted by Gasteiger charge is 2.32. The Morgan fingerprint density at radius 1 is 1.08 bits per heavy atom. The van der Waals surface area contributed by atoms with Crippen molar-refractivity contribution < 1.29 is 9.47 Å². The quantitative estimate of drug-likeness (QED) is 0.309. The maximum absolute atomic E-state index is 13.3. The molecule has 0 aliphatic heterocycles. The van der Waals surface area contributed by atoms with Crippen LogP contribution in [0.4, 0.5) is 0 Å². The van der Waals surface area contributed by atoms with E-state index in [1.165, 1.54) is 18.4 Å². The molecule has 38 heavy (non-hydrogen) atoms. The maximum Gasteiger partial charge on any atom is 0.252 e. The van der Waals surface area contributed by atoms with Gasteiger partial charge in [-0.1, -0.05) is 50.1 Å². The van der Waals surface area contributed by atoms with Crippen molar-refractivity contribution in [3.8, 4) is 11.5 Å². The number of methoxy groups -OCH3 is 2. The van der Waals surface area contributed by atoms with Crippen LogP contribution in [-0.2, 0) is 19.5 Å². The number of aryl methyl sites for hydroxylation is 2. The van der Waals surface area contributed by atoms with Gasteiger partial charge in [0.25, 0.3) is 5.56 Å². The summed E-state index contributed by atoms with van der Waals surface area (Å²) >= 11 is 0. The van der Waals surface area contributed by atoms with Crippen molar-refractivity contribution in [1.29, 1.82) is 0 Å². The number of tetrazole rings is 1. The predicted octanol–water partition coefficient (Wildman–Crippen LogP) is 4.67. The fourth-order valence-electron chi connectivity index (χ4n) is 5.68. The largest absolute Gasteiger partial charge is 0.493 e. The highest BCUT2D eigenvalue weighted by atomic mass is 16.5. The Bertz CT molecular complexity index is 1410. The third kappa shape index (κ3) is 5.43. The van der Waals surface area contributed by atoms with Gasteiger partial charge in [0.2, 0.25) is 0 Å². The first-order chi connectivity index (χ1) is 18.6. The number of ether oxygens (including phenoxy) is 2. The number of aromatic amines is 1. The number of pyridine rings is 1. The highest BCUT2D eigenvalue weighted by Crippen LogP contribution is 2.35. The normalized spacial score (nSPS) is 14.8. The van der Waals surface area contributed by atoms with E-state index in [4.69, 9.17) is 9.47 Å². The van der Waals surface area contributed by atoms with Crippen LogP contribution in [0.5, 0.6) is 11.5 Å². The van der Waals surface area contributed by atoms with Crippen LogP contribution in [0.2, 0.25) is 0 Å². The molecule has 2 aromatic carbocycles. The molecule has 0 saturated heterocycles. The van der Waals surface area contributed by atoms with Crippen LogP contribution in [-0.4, -0.2) is 50.4 Å². The van der Waals surface area contributed by atoms with Gasteiger partial charge >= 0.3 is 0 Å². The zero-order chi connectivity index (χ0) is 26.5. The standard InChI is InChI=1S/C29H36N6O3/c1-4-25(28-31-32-33-35(28)15-14-20-10-6-5-7-11-20)34(23-12-8-9-13-23)19-22-16-21-17-26(37-2)27(38-3)18-24(21)30-29(22)36/h5-7,10-11,16-18,23,25H,4,8-9,12-15,19H2,1-3H3,(H,30,36)/t25-/m1/s1. The number of aromatic nitrogens is 5. The monoisotopic (exact) mass is 516 g/mol. The summed E-state index contributed by atoms with van der Waals surface area (Å²) in [4.78, 5) is 18.8. The molecule has 0 spiro atoms. The smallest absolute Gasteiger partial charge is 0.252 e. The number of benzene rings is 2. The van der Waals surface area contributed by atoms with E-state index in [1.54, 1.807) is 14.2 Å². The SMILES string of the molecule is CC[C@H](c1nnnn1CCc1ccccc1)N(Cc1cc2cc(OC)c(OC)cc2[nH]c1=O)C1CCCC1. The molecule has 9 heteroatoms. The number of hydrogen-bond donors (Lipinski definition) is 1. The number of rotatable bonds is 11. The van der Waals surface area contributed by atoms with Gasteiger partial charge in [0.05, 0.1) is 25.8 Å². The molecule has 1 aliphatic carbocycles. The third-order valence-corrected chi connectivity index (χ3v) is 7.67. The van der Waals surface area contributed by atoms with Gasteiger partial charge in [-0.05, 0) is 53.8 Å². The zero-order valence-corrected chi connectivity index (χ0v) is 22.4. The van der Waals surface area contributed by atoms with Crippen molar-refractivity contribution in [3.63, 3.8) is 0 Å². The first kappa shape index (κ1) is 25.9. The summed E-state index contributed by atoms with van der Waals surface area (Å²) in [6, 6.07) is 16.5. The lowest BCUT2D eigenvalue weighted by Gasteiger charge is -2.35. The van der Waals surface area contributed by atoms with Crippen molar-refractivity contribution in [2.75, 3.05) is 14.2 Å². The molecule has 1 aliphatic rings. The number of H-pyrrole nitrogens is 1. The lowest BCUT2D eigenvalue weighted by Crippen LogP contribution is -2.39. The van der Waals surface area contributed by atoms with Gasteiger partial charge in [-0.3, -0.25) is 9.69 Å². The van der Waals surface area contributed by atoms with E-state index in [1.807, 2.05) is 28.9 Å². The molecule has 0 unspecified atom stereocenters. The minimum Gasteiger partial charge on any atom is -0.493 e. The van der Waals surface area contributed by atoms with Gasteiger partial charge in [0, 0.05) is 36.1 Å². The van der Waals surface area contributed by atoms with Crippen molar-refractivity contribution in [2.45, 2.75) is 70.6 Å². The first-order valence-corrected chi connectivity index (χ1v) is 13.4. The van der Waals surface area contributed by atoms with Crippen LogP contribution in [0.3, 0.4) is 0 Å². The Morgan fingerprint density at radius 3 is 2.53 bits per heavy atom. The number of hydrogen-bond acceptors (Lipinski definition) is 7. The van der Waals surface area contributed by atoms with Crippen LogP contribution in [0.15, 0.2) is 53.3 Å². The summed E-state index contributed by atoms with van der Waals surface area (Å²) in [5.41, 5.74) is 2.61. The maximum atomic E-state index is 13.3. The van der Waals surface area contributed by atoms with Crippen molar-refractivity contribution in [3.05, 3.63) is 75.8 Å². The van der Waals surface area contributed by atoms with E-state index in [2.05, 4.69) is 56.6 Å². The van der Waals surface area contributed by atoms with E-state index in [-0.39, 0.29) is 11.6 Å². The van der Waals surface area contributed by atoms with Crippen LogP contribution < -0.4 is 15.0 Å². The van der Waals surface area contributed by atoms with E-state index in [0.717, 1.165) is 48.0 Å². The van der Waals surface area contributed by atoms with Gasteiger partial charge in [0.15, 0.2) is 17.3 Å². The molecule has 4 aromatic rings. The third-order valence-electron chi connectivity index (χ3n) is 7.67. The molecule has 0 amide bonds. The Balaban J connectivity index is 1.46. The molecule has 9 nitrogen and oxygen atoms in total. The van der Waals surface area contributed by atoms with Gasteiger partial charge in [-0.2, -0.15) is 0 Å². The Hall–Kier alpha value is -3.72. The number of nitrogens with one attached hydrogen (secondary N) is 1. The van der Waals surface area contributed by atoms with Gasteiger partial charge in [-0.25, -0.2) is 4.68 Å². The fraction of sp³-hybridized carbons (Fsp3) is 0.448. The second-order valence-corrected chi connectivity index (χ2v) is 9.95. The molecule has 0 radical (unpaired) electrons. The van der Waals surface area contributed by atoms with Gasteiger partial charge < -0.3 is 14.5 Å². The molecular weight excluding hydrogens is 480 g/mol. The summed E-state index contributed by atoms with van der Waals surface area (Å²) in [6.45, 7) is 3.40. The molecule has 2 aromatic heterocycles. The van der Waals surface area contributed by atoms with Crippen LogP contribution >= 0.6 is 0 Å². The van der Waals surface area contributed by atoms with E-state index in [9.17, 15) is 4.79 Å². The summed E-state index contributed by atoms with van der Waals surface area (Å²) in [7, 11) is 3.21. The Kier molecular flexibility index (Phi) is 8.03. The van der Waals surface area contributed by atoms with Gasteiger partial charge in [0.1, 0.15) is 0 Å². The fourth-order valence-corrected chi connectivity index (χ4v) is 5.68. The molecule has 1 fully saturated rings. The molecule has 200 valence electrons. The molecular formula is C29H36N6O3. The number of nitrogens with zero attached hydrogens (tertiary/aromatic N) is 5. The second-order valence-electron chi connectivity index (χ2n) is 9.95. The van der Waals surface area contributed by atoms with Crippen LogP contribution in [0.25, 0.3) is 10.9 Å². The molecule has 2 heterocycles. The highest BCUT2D eigenvalue weighted by molar-refractivity contribution is 5.83. The summed E-state index contributed by atoms with van der Waals surface area (Å²) in [5.74, 6) is 2.08. The minimum atomic E-state index is -0.0914. The summed E-state index contributed by atoms with van der Waals surface area (Å²) < 4.78 is 12.8. The van der Waals surface area contributed by atoms with Crippen LogP contribution in [0, 0.1) is 0 Å². The Morgan fingerprint density at radius 2 is 1.82 bits per heavy atom. The van der Waals surface area contributed by atoms with Crippen LogP contribution in [0.1, 0.15) is 62.0 Å². The van der Waals surface area contributed by atoms with E-state index in [0.29, 0.717) is 30.6 Å². The minimum absolute atomic E-state index is 0.00405. The predicted molar refractivity (Wildman–Crippen MR) is 146 cm³/mol. The second kappa shape index (κ2) is 11.8. The molecule has 1 atom stereocenters. The van der Waals surface area contributed by atoms with Crippen molar-refractivity contribution in [2.24, 2.45) is 0 Å². The Labute approximate surface area is 222 Å². The topological polar surface area (TPSA) is 98.2 Å².